The summed E-state index contributed by atoms with van der Waals surface area (Å²) in [6.45, 7) is 0. The maximum Gasteiger partial charge on any atom is 0.323 e. The number of benzene rings is 2. The first kappa shape index (κ1) is 31.8. The number of Topliss-reactive ketones (excluding diaryl/α,β-unsaturated/α-hetero) is 2. The standard InChI is InChI=1S/C31H37N5O9/c1-35(2)19-12-18(34-30(43)33-14-6-8-15(45-5)9-7-14)24(37)21-16(19)10-13-11-17-23(36(3)4)26(39)22(29(32)42)28(41)31(17,44)27(40)20(13)25(21)38/h6-9,12-13,17,22-23,26,37-39,44H,10-11H2,1-5H3,(H2,32,42)(H2,33,34,43)/t13-,17-,22?,23-,26?,31-/m0/s1. The lowest BCUT2D eigenvalue weighted by atomic mass is 9.54. The maximum atomic E-state index is 14.1. The Labute approximate surface area is 259 Å². The van der Waals surface area contributed by atoms with Crippen LogP contribution in [0.5, 0.6) is 11.5 Å². The second-order valence-electron chi connectivity index (χ2n) is 12.1. The summed E-state index contributed by atoms with van der Waals surface area (Å²) in [4.78, 5) is 56.0. The van der Waals surface area contributed by atoms with E-state index in [4.69, 9.17) is 10.5 Å². The minimum absolute atomic E-state index is 0.00387. The number of amides is 3. The Morgan fingerprint density at radius 2 is 1.71 bits per heavy atom. The number of likely N-dealkylation sites (N-methyl/N-ethyl adjacent to an activating group) is 1. The van der Waals surface area contributed by atoms with Crippen molar-refractivity contribution in [2.24, 2.45) is 23.5 Å². The van der Waals surface area contributed by atoms with Crippen LogP contribution in [-0.4, -0.2) is 102 Å². The molecule has 0 saturated heterocycles. The molecule has 240 valence electrons. The van der Waals surface area contributed by atoms with E-state index in [1.165, 1.54) is 18.1 Å². The Balaban J connectivity index is 1.59. The van der Waals surface area contributed by atoms with Gasteiger partial charge in [0, 0.05) is 43.0 Å². The van der Waals surface area contributed by atoms with Crippen molar-refractivity contribution in [1.29, 1.82) is 0 Å². The molecule has 0 heterocycles. The molecule has 2 fully saturated rings. The summed E-state index contributed by atoms with van der Waals surface area (Å²) in [5.41, 5.74) is 3.61. The fraction of sp³-hybridized carbons (Fsp3) is 0.419. The highest BCUT2D eigenvalue weighted by molar-refractivity contribution is 6.25. The maximum absolute atomic E-state index is 14.1. The van der Waals surface area contributed by atoms with Crippen molar-refractivity contribution in [2.45, 2.75) is 30.6 Å². The topological polar surface area (TPSA) is 215 Å². The third-order valence-electron chi connectivity index (χ3n) is 9.14. The van der Waals surface area contributed by atoms with Gasteiger partial charge in [0.15, 0.2) is 17.1 Å². The van der Waals surface area contributed by atoms with Crippen molar-refractivity contribution in [3.8, 4) is 11.5 Å². The van der Waals surface area contributed by atoms with E-state index in [1.54, 1.807) is 57.4 Å². The van der Waals surface area contributed by atoms with E-state index >= 15 is 0 Å². The summed E-state index contributed by atoms with van der Waals surface area (Å²) in [6, 6.07) is 6.39. The van der Waals surface area contributed by atoms with E-state index in [2.05, 4.69) is 10.6 Å². The average molecular weight is 624 g/mol. The molecule has 2 saturated carbocycles. The Kier molecular flexibility index (Phi) is 8.02. The molecule has 3 aliphatic rings. The number of methoxy groups -OCH3 is 1. The smallest absolute Gasteiger partial charge is 0.323 e. The Morgan fingerprint density at radius 3 is 2.27 bits per heavy atom. The number of nitrogens with one attached hydrogen (secondary N) is 2. The molecule has 14 heteroatoms. The number of carbonyl (C=O) groups is 4. The zero-order chi connectivity index (χ0) is 33.1. The van der Waals surface area contributed by atoms with Crippen molar-refractivity contribution < 1.29 is 44.3 Å². The number of nitrogens with two attached hydrogens (primary N) is 1. The molecule has 3 aliphatic carbocycles. The Morgan fingerprint density at radius 1 is 1.07 bits per heavy atom. The predicted octanol–water partition coefficient (Wildman–Crippen LogP) is 0.848. The molecule has 8 N–H and O–H groups in total. The van der Waals surface area contributed by atoms with Crippen LogP contribution in [0.15, 0.2) is 35.9 Å². The molecule has 0 spiro atoms. The number of phenolic OH excluding ortho intramolecular Hbond substituents is 1. The first-order chi connectivity index (χ1) is 21.1. The molecule has 0 radical (unpaired) electrons. The summed E-state index contributed by atoms with van der Waals surface area (Å²) >= 11 is 0. The highest BCUT2D eigenvalue weighted by atomic mass is 16.5. The SMILES string of the molecule is COc1ccc(NC(=O)Nc2cc(N(C)C)c3c(c2O)C(O)=C2C(=O)[C@]4(O)C(=O)C(C(N)=O)C(O)[C@@H](N(C)C)[C@@H]4C[C@@H]2C3)cc1. The number of rotatable bonds is 6. The molecule has 6 atom stereocenters. The summed E-state index contributed by atoms with van der Waals surface area (Å²) in [5, 5.41) is 51.0. The largest absolute Gasteiger partial charge is 0.507 e. The normalized spacial score (nSPS) is 27.3. The fourth-order valence-electron chi connectivity index (χ4n) is 7.11. The van der Waals surface area contributed by atoms with Crippen molar-refractivity contribution in [3.63, 3.8) is 0 Å². The third kappa shape index (κ3) is 4.94. The van der Waals surface area contributed by atoms with Gasteiger partial charge in [0.1, 0.15) is 17.4 Å². The van der Waals surface area contributed by atoms with Crippen LogP contribution in [0, 0.1) is 17.8 Å². The number of ketones is 2. The van der Waals surface area contributed by atoms with Crippen LogP contribution in [-0.2, 0) is 20.8 Å². The van der Waals surface area contributed by atoms with Crippen LogP contribution in [0.4, 0.5) is 21.9 Å². The number of ether oxygens (including phenoxy) is 1. The number of aromatic hydroxyl groups is 1. The lowest BCUT2D eigenvalue weighted by molar-refractivity contribution is -0.184. The van der Waals surface area contributed by atoms with Gasteiger partial charge in [-0.1, -0.05) is 0 Å². The molecule has 2 unspecified atom stereocenters. The number of primary amides is 1. The lowest BCUT2D eigenvalue weighted by Crippen LogP contribution is -2.73. The van der Waals surface area contributed by atoms with Gasteiger partial charge in [-0.25, -0.2) is 4.79 Å². The first-order valence-electron chi connectivity index (χ1n) is 14.3. The third-order valence-corrected chi connectivity index (χ3v) is 9.14. The Bertz CT molecular complexity index is 1620. The number of aliphatic hydroxyl groups excluding tert-OH is 2. The van der Waals surface area contributed by atoms with E-state index in [0.29, 0.717) is 22.7 Å². The van der Waals surface area contributed by atoms with Gasteiger partial charge in [-0.05, 0) is 68.8 Å². The van der Waals surface area contributed by atoms with E-state index in [0.717, 1.165) is 0 Å². The Hall–Kier alpha value is -4.66. The number of hydrogen-bond acceptors (Lipinski definition) is 11. The molecule has 2 aromatic rings. The van der Waals surface area contributed by atoms with Gasteiger partial charge in [-0.2, -0.15) is 0 Å². The highest BCUT2D eigenvalue weighted by Gasteiger charge is 2.67. The monoisotopic (exact) mass is 623 g/mol. The van der Waals surface area contributed by atoms with E-state index in [1.807, 2.05) is 0 Å². The number of carbonyl (C=O) groups excluding carboxylic acids is 4. The minimum Gasteiger partial charge on any atom is -0.507 e. The van der Waals surface area contributed by atoms with Crippen LogP contribution in [0.2, 0.25) is 0 Å². The molecule has 14 nitrogen and oxygen atoms in total. The molecular weight excluding hydrogens is 586 g/mol. The molecule has 0 aliphatic heterocycles. The molecule has 3 amide bonds. The van der Waals surface area contributed by atoms with Crippen LogP contribution in [0.1, 0.15) is 17.5 Å². The highest BCUT2D eigenvalue weighted by Crippen LogP contribution is 2.54. The zero-order valence-electron chi connectivity index (χ0n) is 25.5. The molecular formula is C31H37N5O9. The molecule has 0 aromatic heterocycles. The lowest BCUT2D eigenvalue weighted by Gasteiger charge is -2.53. The summed E-state index contributed by atoms with van der Waals surface area (Å²) < 4.78 is 5.12. The van der Waals surface area contributed by atoms with Gasteiger partial charge in [-0.15, -0.1) is 0 Å². The van der Waals surface area contributed by atoms with Gasteiger partial charge >= 0.3 is 6.03 Å². The predicted molar refractivity (Wildman–Crippen MR) is 164 cm³/mol. The number of fused-ring (bicyclic) bond motifs is 3. The second kappa shape index (κ2) is 11.4. The fourth-order valence-corrected chi connectivity index (χ4v) is 7.11. The summed E-state index contributed by atoms with van der Waals surface area (Å²) in [7, 11) is 8.16. The van der Waals surface area contributed by atoms with Crippen molar-refractivity contribution in [1.82, 2.24) is 4.90 Å². The van der Waals surface area contributed by atoms with Crippen molar-refractivity contribution in [2.75, 3.05) is 50.8 Å². The quantitative estimate of drug-likeness (QED) is 0.177. The van der Waals surface area contributed by atoms with Gasteiger partial charge in [-0.3, -0.25) is 14.4 Å². The number of hydrogen-bond donors (Lipinski definition) is 7. The average Bonchev–Trinajstić information content (AvgIpc) is 2.96. The number of anilines is 3. The van der Waals surface area contributed by atoms with Crippen molar-refractivity contribution in [3.05, 3.63) is 47.0 Å². The van der Waals surface area contributed by atoms with Crippen molar-refractivity contribution >= 4 is 46.3 Å². The summed E-state index contributed by atoms with van der Waals surface area (Å²) in [6.07, 6.45) is -1.45. The number of urea groups is 1. The van der Waals surface area contributed by atoms with Crippen LogP contribution >= 0.6 is 0 Å². The molecule has 5 rings (SSSR count). The van der Waals surface area contributed by atoms with Crippen LogP contribution < -0.4 is 26.0 Å². The first-order valence-corrected chi connectivity index (χ1v) is 14.3. The zero-order valence-corrected chi connectivity index (χ0v) is 25.5. The van der Waals surface area contributed by atoms with E-state index in [-0.39, 0.29) is 29.7 Å². The van der Waals surface area contributed by atoms with Gasteiger partial charge in [0.05, 0.1) is 24.5 Å². The molecule has 45 heavy (non-hydrogen) atoms. The number of nitrogens with zero attached hydrogens (tertiary/aromatic N) is 2. The van der Waals surface area contributed by atoms with Crippen LogP contribution in [0.25, 0.3) is 5.76 Å². The number of phenols is 1. The minimum atomic E-state index is -2.76. The second-order valence-corrected chi connectivity index (χ2v) is 12.1. The van der Waals surface area contributed by atoms with E-state index in [9.17, 15) is 39.6 Å². The van der Waals surface area contributed by atoms with Gasteiger partial charge < -0.3 is 51.3 Å². The molecule has 0 bridgehead atoms. The van der Waals surface area contributed by atoms with Crippen LogP contribution in [0.3, 0.4) is 0 Å². The molecule has 2 aromatic carbocycles. The van der Waals surface area contributed by atoms with E-state index < -0.39 is 70.5 Å². The van der Waals surface area contributed by atoms with Gasteiger partial charge in [0.2, 0.25) is 11.7 Å². The summed E-state index contributed by atoms with van der Waals surface area (Å²) in [5.74, 6) is -7.83. The van der Waals surface area contributed by atoms with Gasteiger partial charge in [0.25, 0.3) is 0 Å². The number of aliphatic hydroxyl groups is 3.